The quantitative estimate of drug-likeness (QED) is 0.813. The SMILES string of the molecule is C[C@@H](O)CCNc1ncc(Cl)cc1F. The lowest BCUT2D eigenvalue weighted by atomic mass is 10.3. The van der Waals surface area contributed by atoms with E-state index in [-0.39, 0.29) is 10.8 Å². The summed E-state index contributed by atoms with van der Waals surface area (Å²) in [5.74, 6) is -0.321. The second-order valence-corrected chi connectivity index (χ2v) is 3.48. The highest BCUT2D eigenvalue weighted by atomic mass is 35.5. The fourth-order valence-corrected chi connectivity index (χ4v) is 1.09. The minimum absolute atomic E-state index is 0.162. The van der Waals surface area contributed by atoms with Crippen LogP contribution in [0.15, 0.2) is 12.3 Å². The number of hydrogen-bond acceptors (Lipinski definition) is 3. The predicted molar refractivity (Wildman–Crippen MR) is 54.0 cm³/mol. The standard InChI is InChI=1S/C9H12ClFN2O/c1-6(14)2-3-12-9-8(11)4-7(10)5-13-9/h4-6,14H,2-3H2,1H3,(H,12,13)/t6-/m1/s1. The van der Waals surface area contributed by atoms with Crippen molar-refractivity contribution >= 4 is 17.4 Å². The highest BCUT2D eigenvalue weighted by Crippen LogP contribution is 2.15. The third-order valence-electron chi connectivity index (χ3n) is 1.66. The van der Waals surface area contributed by atoms with E-state index in [9.17, 15) is 4.39 Å². The van der Waals surface area contributed by atoms with Crippen LogP contribution in [0.3, 0.4) is 0 Å². The van der Waals surface area contributed by atoms with E-state index in [1.54, 1.807) is 6.92 Å². The molecular weight excluding hydrogens is 207 g/mol. The first kappa shape index (κ1) is 11.2. The van der Waals surface area contributed by atoms with E-state index < -0.39 is 11.9 Å². The van der Waals surface area contributed by atoms with E-state index in [0.29, 0.717) is 13.0 Å². The number of nitrogens with one attached hydrogen (secondary N) is 1. The molecule has 0 bridgehead atoms. The van der Waals surface area contributed by atoms with Gasteiger partial charge in [-0.3, -0.25) is 0 Å². The summed E-state index contributed by atoms with van der Waals surface area (Å²) in [6, 6.07) is 1.19. The van der Waals surface area contributed by atoms with Crippen LogP contribution in [-0.2, 0) is 0 Å². The summed E-state index contributed by atoms with van der Waals surface area (Å²) in [5.41, 5.74) is 0. The van der Waals surface area contributed by atoms with Crippen molar-refractivity contribution in [2.75, 3.05) is 11.9 Å². The molecule has 0 amide bonds. The largest absolute Gasteiger partial charge is 0.393 e. The molecule has 1 aromatic rings. The van der Waals surface area contributed by atoms with Gasteiger partial charge in [-0.25, -0.2) is 9.37 Å². The van der Waals surface area contributed by atoms with Gasteiger partial charge >= 0.3 is 0 Å². The second-order valence-electron chi connectivity index (χ2n) is 3.05. The first-order chi connectivity index (χ1) is 6.59. The van der Waals surface area contributed by atoms with Crippen molar-refractivity contribution in [1.29, 1.82) is 0 Å². The van der Waals surface area contributed by atoms with Gasteiger partial charge in [0.1, 0.15) is 0 Å². The number of nitrogens with zero attached hydrogens (tertiary/aromatic N) is 1. The van der Waals surface area contributed by atoms with Crippen molar-refractivity contribution in [2.24, 2.45) is 0 Å². The van der Waals surface area contributed by atoms with Crippen LogP contribution in [0.4, 0.5) is 10.2 Å². The van der Waals surface area contributed by atoms with E-state index in [2.05, 4.69) is 10.3 Å². The van der Waals surface area contributed by atoms with Crippen molar-refractivity contribution in [1.82, 2.24) is 4.98 Å². The zero-order valence-corrected chi connectivity index (χ0v) is 8.55. The van der Waals surface area contributed by atoms with E-state index >= 15 is 0 Å². The Hall–Kier alpha value is -0.870. The van der Waals surface area contributed by atoms with Crippen molar-refractivity contribution in [3.63, 3.8) is 0 Å². The molecule has 0 unspecified atom stereocenters. The van der Waals surface area contributed by atoms with Crippen molar-refractivity contribution in [3.8, 4) is 0 Å². The minimum Gasteiger partial charge on any atom is -0.393 e. The van der Waals surface area contributed by atoms with Gasteiger partial charge in [0.2, 0.25) is 0 Å². The number of aliphatic hydroxyl groups is 1. The number of aliphatic hydroxyl groups excluding tert-OH is 1. The van der Waals surface area contributed by atoms with Crippen LogP contribution in [-0.4, -0.2) is 22.7 Å². The molecular formula is C9H12ClFN2O. The minimum atomic E-state index is -0.483. The summed E-state index contributed by atoms with van der Waals surface area (Å²) in [6.07, 6.45) is 1.51. The fourth-order valence-electron chi connectivity index (χ4n) is 0.944. The molecule has 2 N–H and O–H groups in total. The average molecular weight is 219 g/mol. The maximum absolute atomic E-state index is 13.1. The Balaban J connectivity index is 2.51. The van der Waals surface area contributed by atoms with Gasteiger partial charge in [-0.05, 0) is 19.4 Å². The van der Waals surface area contributed by atoms with Gasteiger partial charge in [-0.15, -0.1) is 0 Å². The maximum Gasteiger partial charge on any atom is 0.166 e. The summed E-state index contributed by atoms with van der Waals surface area (Å²) in [6.45, 7) is 2.15. The van der Waals surface area contributed by atoms with Gasteiger partial charge in [0.25, 0.3) is 0 Å². The lowest BCUT2D eigenvalue weighted by molar-refractivity contribution is 0.188. The molecule has 0 aliphatic rings. The van der Waals surface area contributed by atoms with Gasteiger partial charge in [0.15, 0.2) is 11.6 Å². The molecule has 0 saturated heterocycles. The fraction of sp³-hybridized carbons (Fsp3) is 0.444. The molecule has 78 valence electrons. The summed E-state index contributed by atoms with van der Waals surface area (Å²) < 4.78 is 13.1. The van der Waals surface area contributed by atoms with E-state index in [0.717, 1.165) is 0 Å². The normalized spacial score (nSPS) is 12.6. The Morgan fingerprint density at radius 3 is 3.00 bits per heavy atom. The molecule has 0 aromatic carbocycles. The third-order valence-corrected chi connectivity index (χ3v) is 1.87. The van der Waals surface area contributed by atoms with E-state index in [4.69, 9.17) is 16.7 Å². The van der Waals surface area contributed by atoms with Crippen LogP contribution in [0.25, 0.3) is 0 Å². The number of pyridine rings is 1. The van der Waals surface area contributed by atoms with E-state index in [1.165, 1.54) is 12.3 Å². The highest BCUT2D eigenvalue weighted by Gasteiger charge is 2.03. The van der Waals surface area contributed by atoms with Crippen LogP contribution < -0.4 is 5.32 Å². The molecule has 1 rings (SSSR count). The molecule has 0 saturated carbocycles. The Morgan fingerprint density at radius 1 is 1.71 bits per heavy atom. The number of anilines is 1. The van der Waals surface area contributed by atoms with Crippen LogP contribution in [0.2, 0.25) is 5.02 Å². The molecule has 1 heterocycles. The maximum atomic E-state index is 13.1. The summed E-state index contributed by atoms with van der Waals surface area (Å²) >= 11 is 5.53. The van der Waals surface area contributed by atoms with Crippen molar-refractivity contribution in [2.45, 2.75) is 19.4 Å². The van der Waals surface area contributed by atoms with Gasteiger partial charge in [-0.1, -0.05) is 11.6 Å². The van der Waals surface area contributed by atoms with Gasteiger partial charge in [0.05, 0.1) is 11.1 Å². The first-order valence-corrected chi connectivity index (χ1v) is 4.70. The number of aromatic nitrogens is 1. The highest BCUT2D eigenvalue weighted by molar-refractivity contribution is 6.30. The number of halogens is 2. The van der Waals surface area contributed by atoms with Crippen LogP contribution >= 0.6 is 11.6 Å². The Labute approximate surface area is 86.9 Å². The van der Waals surface area contributed by atoms with Gasteiger partial charge < -0.3 is 10.4 Å². The lowest BCUT2D eigenvalue weighted by Gasteiger charge is -2.07. The average Bonchev–Trinajstić information content (AvgIpc) is 2.08. The molecule has 0 aliphatic carbocycles. The molecule has 14 heavy (non-hydrogen) atoms. The zero-order valence-electron chi connectivity index (χ0n) is 7.80. The zero-order chi connectivity index (χ0) is 10.6. The topological polar surface area (TPSA) is 45.1 Å². The predicted octanol–water partition coefficient (Wildman–Crippen LogP) is 2.06. The van der Waals surface area contributed by atoms with Gasteiger partial charge in [-0.2, -0.15) is 0 Å². The molecule has 1 atom stereocenters. The Kier molecular flexibility index (Phi) is 4.10. The lowest BCUT2D eigenvalue weighted by Crippen LogP contribution is -2.11. The van der Waals surface area contributed by atoms with E-state index in [1.807, 2.05) is 0 Å². The smallest absolute Gasteiger partial charge is 0.166 e. The van der Waals surface area contributed by atoms with Crippen LogP contribution in [0.1, 0.15) is 13.3 Å². The van der Waals surface area contributed by atoms with Gasteiger partial charge in [0, 0.05) is 12.7 Å². The Bertz CT molecular complexity index is 307. The number of rotatable bonds is 4. The molecule has 0 spiro atoms. The summed E-state index contributed by atoms with van der Waals surface area (Å²) in [7, 11) is 0. The van der Waals surface area contributed by atoms with Crippen LogP contribution in [0, 0.1) is 5.82 Å². The monoisotopic (exact) mass is 218 g/mol. The Morgan fingerprint density at radius 2 is 2.43 bits per heavy atom. The molecule has 5 heteroatoms. The first-order valence-electron chi connectivity index (χ1n) is 4.32. The summed E-state index contributed by atoms with van der Waals surface area (Å²) in [5, 5.41) is 12.0. The summed E-state index contributed by atoms with van der Waals surface area (Å²) in [4.78, 5) is 3.77. The van der Waals surface area contributed by atoms with Crippen molar-refractivity contribution < 1.29 is 9.50 Å². The molecule has 3 nitrogen and oxygen atoms in total. The molecule has 0 fully saturated rings. The van der Waals surface area contributed by atoms with Crippen molar-refractivity contribution in [3.05, 3.63) is 23.1 Å². The van der Waals surface area contributed by atoms with Crippen LogP contribution in [0.5, 0.6) is 0 Å². The molecule has 0 radical (unpaired) electrons. The number of hydrogen-bond donors (Lipinski definition) is 2. The molecule has 0 aliphatic heterocycles. The second kappa shape index (κ2) is 5.12. The third kappa shape index (κ3) is 3.47. The molecule has 1 aromatic heterocycles.